The lowest BCUT2D eigenvalue weighted by atomic mass is 10.2. The fraction of sp³-hybridized carbons (Fsp3) is 0.235. The number of thioether (sulfide) groups is 1. The van der Waals surface area contributed by atoms with E-state index in [1.54, 1.807) is 4.90 Å². The van der Waals surface area contributed by atoms with E-state index in [9.17, 15) is 4.79 Å². The van der Waals surface area contributed by atoms with Gasteiger partial charge in [0, 0.05) is 24.2 Å². The molecule has 1 amide bonds. The van der Waals surface area contributed by atoms with Gasteiger partial charge in [-0.3, -0.25) is 4.79 Å². The molecule has 2 aromatic rings. The Kier molecular flexibility index (Phi) is 5.28. The van der Waals surface area contributed by atoms with Crippen LogP contribution in [0.15, 0.2) is 53.4 Å². The Balaban J connectivity index is 1.91. The predicted octanol–water partition coefficient (Wildman–Crippen LogP) is 3.33. The first kappa shape index (κ1) is 15.4. The second-order valence-electron chi connectivity index (χ2n) is 5.07. The third-order valence-corrected chi connectivity index (χ3v) is 4.26. The van der Waals surface area contributed by atoms with Crippen LogP contribution in [0.25, 0.3) is 0 Å². The zero-order valence-electron chi connectivity index (χ0n) is 12.4. The van der Waals surface area contributed by atoms with Crippen LogP contribution >= 0.6 is 11.8 Å². The number of rotatable bonds is 5. The van der Waals surface area contributed by atoms with Gasteiger partial charge in [0.25, 0.3) is 0 Å². The molecule has 3 nitrogen and oxygen atoms in total. The Morgan fingerprint density at radius 3 is 2.62 bits per heavy atom. The first-order valence-corrected chi connectivity index (χ1v) is 7.81. The fourth-order valence-electron chi connectivity index (χ4n) is 1.96. The van der Waals surface area contributed by atoms with Crippen LogP contribution in [0, 0.1) is 6.92 Å². The standard InChI is InChI=1S/C17H20N2OS/c1-13-8-9-15(18)16(10-13)21-12-17(20)19(2)11-14-6-4-3-5-7-14/h3-10H,11-12,18H2,1-2H3. The van der Waals surface area contributed by atoms with Crippen molar-refractivity contribution in [2.24, 2.45) is 0 Å². The van der Waals surface area contributed by atoms with Gasteiger partial charge in [-0.1, -0.05) is 36.4 Å². The van der Waals surface area contributed by atoms with Gasteiger partial charge in [0.2, 0.25) is 5.91 Å². The van der Waals surface area contributed by atoms with Gasteiger partial charge in [0.05, 0.1) is 5.75 Å². The van der Waals surface area contributed by atoms with Crippen molar-refractivity contribution in [2.45, 2.75) is 18.4 Å². The number of nitrogen functional groups attached to an aromatic ring is 1. The average molecular weight is 300 g/mol. The second-order valence-corrected chi connectivity index (χ2v) is 6.08. The molecule has 2 rings (SSSR count). The third kappa shape index (κ3) is 4.53. The van der Waals surface area contributed by atoms with Crippen molar-refractivity contribution < 1.29 is 4.79 Å². The summed E-state index contributed by atoms with van der Waals surface area (Å²) in [6.07, 6.45) is 0. The lowest BCUT2D eigenvalue weighted by Gasteiger charge is -2.17. The van der Waals surface area contributed by atoms with Crippen LogP contribution in [-0.4, -0.2) is 23.6 Å². The number of hydrogen-bond donors (Lipinski definition) is 1. The van der Waals surface area contributed by atoms with Gasteiger partial charge in [0.1, 0.15) is 0 Å². The molecule has 2 N–H and O–H groups in total. The minimum atomic E-state index is 0.102. The summed E-state index contributed by atoms with van der Waals surface area (Å²) in [5.74, 6) is 0.501. The number of carbonyl (C=O) groups excluding carboxylic acids is 1. The predicted molar refractivity (Wildman–Crippen MR) is 89.2 cm³/mol. The third-order valence-electron chi connectivity index (χ3n) is 3.21. The lowest BCUT2D eigenvalue weighted by molar-refractivity contribution is -0.127. The van der Waals surface area contributed by atoms with E-state index in [0.717, 1.165) is 21.7 Å². The Labute approximate surface area is 130 Å². The van der Waals surface area contributed by atoms with Crippen molar-refractivity contribution in [1.82, 2.24) is 4.90 Å². The summed E-state index contributed by atoms with van der Waals surface area (Å²) in [7, 11) is 1.83. The highest BCUT2D eigenvalue weighted by Gasteiger charge is 2.11. The smallest absolute Gasteiger partial charge is 0.232 e. The number of hydrogen-bond acceptors (Lipinski definition) is 3. The molecule has 0 radical (unpaired) electrons. The molecule has 0 aliphatic rings. The number of aryl methyl sites for hydroxylation is 1. The lowest BCUT2D eigenvalue weighted by Crippen LogP contribution is -2.27. The molecule has 0 saturated carbocycles. The molecule has 0 aromatic heterocycles. The first-order chi connectivity index (χ1) is 10.1. The SMILES string of the molecule is Cc1ccc(N)c(SCC(=O)N(C)Cc2ccccc2)c1. The first-order valence-electron chi connectivity index (χ1n) is 6.83. The van der Waals surface area contributed by atoms with Crippen molar-refractivity contribution >= 4 is 23.4 Å². The van der Waals surface area contributed by atoms with Crippen molar-refractivity contribution in [3.63, 3.8) is 0 Å². The molecule has 0 bridgehead atoms. The van der Waals surface area contributed by atoms with Crippen LogP contribution in [0.3, 0.4) is 0 Å². The number of amides is 1. The monoisotopic (exact) mass is 300 g/mol. The zero-order valence-corrected chi connectivity index (χ0v) is 13.2. The molecule has 21 heavy (non-hydrogen) atoms. The van der Waals surface area contributed by atoms with Crippen molar-refractivity contribution in [1.29, 1.82) is 0 Å². The number of carbonyl (C=O) groups is 1. The van der Waals surface area contributed by atoms with Crippen molar-refractivity contribution in [3.8, 4) is 0 Å². The molecule has 2 aromatic carbocycles. The van der Waals surface area contributed by atoms with E-state index in [4.69, 9.17) is 5.73 Å². The van der Waals surface area contributed by atoms with E-state index in [1.165, 1.54) is 11.8 Å². The Bertz CT molecular complexity index is 613. The number of nitrogens with two attached hydrogens (primary N) is 1. The molecular weight excluding hydrogens is 280 g/mol. The summed E-state index contributed by atoms with van der Waals surface area (Å²) >= 11 is 1.49. The summed E-state index contributed by atoms with van der Waals surface area (Å²) in [4.78, 5) is 14.9. The van der Waals surface area contributed by atoms with Gasteiger partial charge in [-0.05, 0) is 30.2 Å². The summed E-state index contributed by atoms with van der Waals surface area (Å²) < 4.78 is 0. The maximum absolute atomic E-state index is 12.2. The van der Waals surface area contributed by atoms with E-state index in [2.05, 4.69) is 0 Å². The molecule has 110 valence electrons. The van der Waals surface area contributed by atoms with Gasteiger partial charge >= 0.3 is 0 Å². The van der Waals surface area contributed by atoms with Gasteiger partial charge < -0.3 is 10.6 Å². The van der Waals surface area contributed by atoms with E-state index in [0.29, 0.717) is 12.3 Å². The minimum absolute atomic E-state index is 0.102. The molecule has 0 saturated heterocycles. The normalized spacial score (nSPS) is 10.4. The van der Waals surface area contributed by atoms with Gasteiger partial charge in [0.15, 0.2) is 0 Å². The minimum Gasteiger partial charge on any atom is -0.398 e. The van der Waals surface area contributed by atoms with Crippen LogP contribution in [0.5, 0.6) is 0 Å². The average Bonchev–Trinajstić information content (AvgIpc) is 2.49. The van der Waals surface area contributed by atoms with Crippen LogP contribution in [0.1, 0.15) is 11.1 Å². The Morgan fingerprint density at radius 1 is 1.19 bits per heavy atom. The molecule has 0 atom stereocenters. The molecule has 0 aliphatic carbocycles. The molecule has 0 aliphatic heterocycles. The van der Waals surface area contributed by atoms with Gasteiger partial charge in [-0.25, -0.2) is 0 Å². The summed E-state index contributed by atoms with van der Waals surface area (Å²) in [5.41, 5.74) is 8.94. The van der Waals surface area contributed by atoms with Crippen molar-refractivity contribution in [2.75, 3.05) is 18.5 Å². The molecule has 0 fully saturated rings. The van der Waals surface area contributed by atoms with Crippen LogP contribution in [0.4, 0.5) is 5.69 Å². The van der Waals surface area contributed by atoms with Crippen LogP contribution in [0.2, 0.25) is 0 Å². The van der Waals surface area contributed by atoms with E-state index >= 15 is 0 Å². The number of benzene rings is 2. The van der Waals surface area contributed by atoms with Crippen molar-refractivity contribution in [3.05, 3.63) is 59.7 Å². The van der Waals surface area contributed by atoms with Crippen LogP contribution < -0.4 is 5.73 Å². The number of nitrogens with zero attached hydrogens (tertiary/aromatic N) is 1. The van der Waals surface area contributed by atoms with E-state index in [-0.39, 0.29) is 5.91 Å². The Hall–Kier alpha value is -1.94. The van der Waals surface area contributed by atoms with Crippen LogP contribution in [-0.2, 0) is 11.3 Å². The van der Waals surface area contributed by atoms with Gasteiger partial charge in [-0.15, -0.1) is 11.8 Å². The van der Waals surface area contributed by atoms with E-state index in [1.807, 2.05) is 62.5 Å². The maximum atomic E-state index is 12.2. The largest absolute Gasteiger partial charge is 0.398 e. The molecule has 0 heterocycles. The summed E-state index contributed by atoms with van der Waals surface area (Å²) in [6, 6.07) is 15.9. The number of anilines is 1. The fourth-order valence-corrected chi connectivity index (χ4v) is 2.97. The van der Waals surface area contributed by atoms with E-state index < -0.39 is 0 Å². The molecule has 0 spiro atoms. The zero-order chi connectivity index (χ0) is 15.2. The topological polar surface area (TPSA) is 46.3 Å². The highest BCUT2D eigenvalue weighted by molar-refractivity contribution is 8.00. The molecule has 0 unspecified atom stereocenters. The molecular formula is C17H20N2OS. The van der Waals surface area contributed by atoms with Gasteiger partial charge in [-0.2, -0.15) is 0 Å². The summed E-state index contributed by atoms with van der Waals surface area (Å²) in [6.45, 7) is 2.65. The molecule has 4 heteroatoms. The second kappa shape index (κ2) is 7.18. The maximum Gasteiger partial charge on any atom is 0.232 e. The quantitative estimate of drug-likeness (QED) is 0.680. The highest BCUT2D eigenvalue weighted by atomic mass is 32.2. The Morgan fingerprint density at radius 2 is 1.90 bits per heavy atom. The highest BCUT2D eigenvalue weighted by Crippen LogP contribution is 2.26. The summed E-state index contributed by atoms with van der Waals surface area (Å²) in [5, 5.41) is 0.